The minimum absolute atomic E-state index is 0.0328. The summed E-state index contributed by atoms with van der Waals surface area (Å²) in [5, 5.41) is 6.62. The monoisotopic (exact) mass is 582 g/mol. The van der Waals surface area contributed by atoms with Crippen LogP contribution in [0, 0.1) is 17.6 Å². The van der Waals surface area contributed by atoms with Gasteiger partial charge in [-0.15, -0.1) is 0 Å². The predicted molar refractivity (Wildman–Crippen MR) is 161 cm³/mol. The van der Waals surface area contributed by atoms with Crippen molar-refractivity contribution >= 4 is 17.7 Å². The maximum atomic E-state index is 14.4. The first kappa shape index (κ1) is 29.6. The molecular weight excluding hydrogens is 550 g/mol. The molecule has 5 N–H and O–H groups in total. The molecule has 1 atom stereocenters. The molecule has 0 spiro atoms. The number of hydrogen-bond donors (Lipinski definition) is 3. The molecule has 9 heteroatoms. The summed E-state index contributed by atoms with van der Waals surface area (Å²) in [6.07, 6.45) is 1.31. The van der Waals surface area contributed by atoms with E-state index in [4.69, 9.17) is 16.3 Å². The van der Waals surface area contributed by atoms with Crippen LogP contribution < -0.4 is 16.8 Å². The predicted octanol–water partition coefficient (Wildman–Crippen LogP) is 5.20. The fourth-order valence-corrected chi connectivity index (χ4v) is 4.93. The number of nitrogens with one attached hydrogen (secondary N) is 1. The highest BCUT2D eigenvalue weighted by Crippen LogP contribution is 2.32. The Hall–Kier alpha value is -4.89. The second-order valence-electron chi connectivity index (χ2n) is 11.0. The number of carbonyl (C=O) groups is 2. The topological polar surface area (TPSA) is 120 Å². The molecule has 0 aliphatic heterocycles. The van der Waals surface area contributed by atoms with Crippen LogP contribution in [0.2, 0.25) is 0 Å². The first-order valence-electron chi connectivity index (χ1n) is 14.0. The van der Waals surface area contributed by atoms with Crippen molar-refractivity contribution in [3.63, 3.8) is 0 Å². The summed E-state index contributed by atoms with van der Waals surface area (Å²) in [5.41, 5.74) is 19.0. The summed E-state index contributed by atoms with van der Waals surface area (Å²) >= 11 is 0. The van der Waals surface area contributed by atoms with Gasteiger partial charge in [0.15, 0.2) is 5.84 Å². The Kier molecular flexibility index (Phi) is 8.63. The van der Waals surface area contributed by atoms with Crippen molar-refractivity contribution in [3.8, 4) is 11.1 Å². The van der Waals surface area contributed by atoms with E-state index in [1.54, 1.807) is 38.1 Å². The van der Waals surface area contributed by atoms with Crippen LogP contribution in [0.15, 0.2) is 84.0 Å². The zero-order chi connectivity index (χ0) is 30.7. The molecule has 1 amide bonds. The molecule has 0 fully saturated rings. The fourth-order valence-electron chi connectivity index (χ4n) is 4.93. The van der Waals surface area contributed by atoms with Gasteiger partial charge in [-0.3, -0.25) is 4.79 Å². The summed E-state index contributed by atoms with van der Waals surface area (Å²) in [4.78, 5) is 29.7. The third kappa shape index (κ3) is 6.79. The van der Waals surface area contributed by atoms with Crippen molar-refractivity contribution in [1.29, 1.82) is 0 Å². The zero-order valence-electron chi connectivity index (χ0n) is 23.9. The standard InChI is InChI=1S/C34H32F2N4O3/c1-19(2)31(37)34(42)43-40-32(38)21-5-3-20(4-6-21)18-39-33(41)25-10-8-23-13-22-7-9-24(14-26(22)16-27(23)15-25)29-12-11-28(35)17-30(29)36/h3-12,14-15,17,19,31H,13,16,18,37H2,1-2H3,(H2,38,40)(H,39,41)/t31-/m0/s1. The summed E-state index contributed by atoms with van der Waals surface area (Å²) < 4.78 is 27.8. The smallest absolute Gasteiger partial charge is 0.351 e. The molecule has 0 unspecified atom stereocenters. The minimum Gasteiger partial charge on any atom is -0.380 e. The lowest BCUT2D eigenvalue weighted by atomic mass is 9.83. The van der Waals surface area contributed by atoms with Gasteiger partial charge in [0, 0.05) is 29.3 Å². The molecule has 5 rings (SSSR count). The summed E-state index contributed by atoms with van der Waals surface area (Å²) in [7, 11) is 0. The average Bonchev–Trinajstić information content (AvgIpc) is 3.00. The van der Waals surface area contributed by atoms with E-state index in [0.717, 1.165) is 33.9 Å². The lowest BCUT2D eigenvalue weighted by Gasteiger charge is -2.21. The number of benzene rings is 4. The third-order valence-corrected chi connectivity index (χ3v) is 7.61. The van der Waals surface area contributed by atoms with Gasteiger partial charge in [0.2, 0.25) is 0 Å². The van der Waals surface area contributed by atoms with Gasteiger partial charge < -0.3 is 21.6 Å². The Morgan fingerprint density at radius 1 is 0.860 bits per heavy atom. The fraction of sp³-hybridized carbons (Fsp3) is 0.206. The van der Waals surface area contributed by atoms with Gasteiger partial charge >= 0.3 is 5.97 Å². The van der Waals surface area contributed by atoms with Crippen LogP contribution >= 0.6 is 0 Å². The number of nitrogens with two attached hydrogens (primary N) is 2. The molecule has 4 aromatic carbocycles. The van der Waals surface area contributed by atoms with Crippen LogP contribution in [0.4, 0.5) is 8.78 Å². The summed E-state index contributed by atoms with van der Waals surface area (Å²) in [5.74, 6) is -2.15. The molecule has 7 nitrogen and oxygen atoms in total. The lowest BCUT2D eigenvalue weighted by molar-refractivity contribution is -0.146. The van der Waals surface area contributed by atoms with E-state index in [-0.39, 0.29) is 17.7 Å². The number of halogens is 2. The Labute approximate surface area is 248 Å². The van der Waals surface area contributed by atoms with Crippen molar-refractivity contribution < 1.29 is 23.2 Å². The van der Waals surface area contributed by atoms with Crippen LogP contribution in [0.5, 0.6) is 0 Å². The number of carbonyl (C=O) groups excluding carboxylic acids is 2. The van der Waals surface area contributed by atoms with Gasteiger partial charge in [-0.05, 0) is 76.4 Å². The van der Waals surface area contributed by atoms with Gasteiger partial charge in [-0.25, -0.2) is 13.6 Å². The molecular formula is C34H32F2N4O3. The highest BCUT2D eigenvalue weighted by atomic mass is 19.1. The third-order valence-electron chi connectivity index (χ3n) is 7.61. The van der Waals surface area contributed by atoms with Crippen LogP contribution in [0.25, 0.3) is 11.1 Å². The van der Waals surface area contributed by atoms with Crippen LogP contribution in [-0.4, -0.2) is 23.8 Å². The lowest BCUT2D eigenvalue weighted by Crippen LogP contribution is -2.36. The van der Waals surface area contributed by atoms with Crippen molar-refractivity contribution in [2.75, 3.05) is 0 Å². The van der Waals surface area contributed by atoms with Gasteiger partial charge in [-0.1, -0.05) is 67.5 Å². The van der Waals surface area contributed by atoms with E-state index in [9.17, 15) is 18.4 Å². The number of rotatable bonds is 8. The SMILES string of the molecule is CC(C)[C@H](N)C(=O)ON=C(N)c1ccc(CNC(=O)c2ccc3c(c2)Cc2cc(-c4ccc(F)cc4F)ccc2C3)cc1. The first-order valence-corrected chi connectivity index (χ1v) is 14.0. The summed E-state index contributed by atoms with van der Waals surface area (Å²) in [6, 6.07) is 21.3. The Morgan fingerprint density at radius 3 is 2.21 bits per heavy atom. The Bertz CT molecular complexity index is 1720. The van der Waals surface area contributed by atoms with Gasteiger partial charge in [0.1, 0.15) is 17.7 Å². The quantitative estimate of drug-likeness (QED) is 0.101. The molecule has 220 valence electrons. The number of amides is 1. The van der Waals surface area contributed by atoms with Crippen molar-refractivity contribution in [2.24, 2.45) is 22.5 Å². The van der Waals surface area contributed by atoms with Gasteiger partial charge in [0.05, 0.1) is 0 Å². The van der Waals surface area contributed by atoms with Crippen LogP contribution in [0.3, 0.4) is 0 Å². The molecule has 0 saturated carbocycles. The van der Waals surface area contributed by atoms with Crippen molar-refractivity contribution in [2.45, 2.75) is 39.3 Å². The van der Waals surface area contributed by atoms with E-state index >= 15 is 0 Å². The van der Waals surface area contributed by atoms with E-state index in [0.29, 0.717) is 41.6 Å². The Morgan fingerprint density at radius 2 is 1.51 bits per heavy atom. The number of fused-ring (bicyclic) bond motifs is 2. The minimum atomic E-state index is -0.792. The zero-order valence-corrected chi connectivity index (χ0v) is 23.9. The number of nitrogens with zero attached hydrogens (tertiary/aromatic N) is 1. The highest BCUT2D eigenvalue weighted by molar-refractivity contribution is 5.97. The van der Waals surface area contributed by atoms with E-state index in [2.05, 4.69) is 10.5 Å². The largest absolute Gasteiger partial charge is 0.380 e. The molecule has 43 heavy (non-hydrogen) atoms. The maximum absolute atomic E-state index is 14.4. The van der Waals surface area contributed by atoms with Crippen LogP contribution in [0.1, 0.15) is 57.6 Å². The summed E-state index contributed by atoms with van der Waals surface area (Å²) in [6.45, 7) is 3.90. The normalized spacial score (nSPS) is 13.2. The number of amidine groups is 1. The van der Waals surface area contributed by atoms with Crippen molar-refractivity contribution in [1.82, 2.24) is 5.32 Å². The number of oxime groups is 1. The van der Waals surface area contributed by atoms with E-state index in [1.807, 2.05) is 36.4 Å². The molecule has 0 aromatic heterocycles. The number of hydrogen-bond acceptors (Lipinski definition) is 5. The molecule has 1 aliphatic rings. The second kappa shape index (κ2) is 12.5. The molecule has 0 heterocycles. The molecule has 0 bridgehead atoms. The van der Waals surface area contributed by atoms with Gasteiger partial charge in [-0.2, -0.15) is 0 Å². The average molecular weight is 583 g/mol. The van der Waals surface area contributed by atoms with Gasteiger partial charge in [0.25, 0.3) is 5.91 Å². The molecule has 1 aliphatic carbocycles. The molecule has 4 aromatic rings. The first-order chi connectivity index (χ1) is 20.6. The van der Waals surface area contributed by atoms with Crippen LogP contribution in [-0.2, 0) is 29.0 Å². The highest BCUT2D eigenvalue weighted by Gasteiger charge is 2.20. The van der Waals surface area contributed by atoms with Crippen molar-refractivity contribution in [3.05, 3.63) is 129 Å². The second-order valence-corrected chi connectivity index (χ2v) is 11.0. The molecule has 0 radical (unpaired) electrons. The van der Waals surface area contributed by atoms with E-state index in [1.165, 1.54) is 12.1 Å². The maximum Gasteiger partial charge on any atom is 0.351 e. The molecule has 0 saturated heterocycles. The van der Waals surface area contributed by atoms with E-state index < -0.39 is 23.6 Å². The Balaban J connectivity index is 1.21.